The lowest BCUT2D eigenvalue weighted by molar-refractivity contribution is -0.121. The lowest BCUT2D eigenvalue weighted by atomic mass is 9.97. The molecule has 0 aromatic heterocycles. The Balaban J connectivity index is 3.79. The summed E-state index contributed by atoms with van der Waals surface area (Å²) >= 11 is 0. The Hall–Kier alpha value is -0.370. The molecule has 0 fully saturated rings. The zero-order valence-corrected chi connectivity index (χ0v) is 8.10. The Morgan fingerprint density at radius 1 is 1.18 bits per heavy atom. The van der Waals surface area contributed by atoms with E-state index in [9.17, 15) is 4.79 Å². The van der Waals surface area contributed by atoms with Gasteiger partial charge in [0, 0.05) is 5.41 Å². The molecule has 0 aromatic carbocycles. The Labute approximate surface area is 68.9 Å². The van der Waals surface area contributed by atoms with Crippen molar-refractivity contribution in [3.63, 3.8) is 0 Å². The number of rotatable bonds is 3. The van der Waals surface area contributed by atoms with Gasteiger partial charge in [-0.1, -0.05) is 13.8 Å². The average molecular weight is 158 g/mol. The van der Waals surface area contributed by atoms with E-state index in [4.69, 9.17) is 4.74 Å². The molecule has 0 radical (unpaired) electrons. The minimum Gasteiger partial charge on any atom is -0.375 e. The average Bonchev–Trinajstić information content (AvgIpc) is 1.83. The molecule has 0 rings (SSSR count). The van der Waals surface area contributed by atoms with Gasteiger partial charge in [-0.2, -0.15) is 0 Å². The van der Waals surface area contributed by atoms with Gasteiger partial charge in [0.2, 0.25) is 0 Å². The van der Waals surface area contributed by atoms with E-state index >= 15 is 0 Å². The van der Waals surface area contributed by atoms with Gasteiger partial charge in [0.15, 0.2) is 0 Å². The lowest BCUT2D eigenvalue weighted by Gasteiger charge is -2.25. The van der Waals surface area contributed by atoms with E-state index in [-0.39, 0.29) is 11.0 Å². The summed E-state index contributed by atoms with van der Waals surface area (Å²) in [6, 6.07) is 0. The van der Waals surface area contributed by atoms with E-state index in [0.29, 0.717) is 6.61 Å². The van der Waals surface area contributed by atoms with Crippen LogP contribution in [-0.4, -0.2) is 18.5 Å². The smallest absolute Gasteiger partial charge is 0.127 e. The topological polar surface area (TPSA) is 26.3 Å². The fourth-order valence-corrected chi connectivity index (χ4v) is 0.437. The van der Waals surface area contributed by atoms with Crippen LogP contribution in [0.15, 0.2) is 0 Å². The molecule has 11 heavy (non-hydrogen) atoms. The highest BCUT2D eigenvalue weighted by atomic mass is 16.5. The van der Waals surface area contributed by atoms with Crippen molar-refractivity contribution in [3.05, 3.63) is 0 Å². The van der Waals surface area contributed by atoms with Crippen LogP contribution in [0.1, 0.15) is 34.6 Å². The van der Waals surface area contributed by atoms with Crippen LogP contribution < -0.4 is 0 Å². The van der Waals surface area contributed by atoms with Crippen molar-refractivity contribution in [2.24, 2.45) is 5.41 Å². The highest BCUT2D eigenvalue weighted by Gasteiger charge is 2.20. The van der Waals surface area contributed by atoms with Gasteiger partial charge in [0.05, 0.1) is 12.2 Å². The summed E-state index contributed by atoms with van der Waals surface area (Å²) in [7, 11) is 0. The van der Waals surface area contributed by atoms with E-state index in [1.165, 1.54) is 0 Å². The molecule has 0 aromatic rings. The quantitative estimate of drug-likeness (QED) is 0.587. The van der Waals surface area contributed by atoms with Crippen molar-refractivity contribution in [3.8, 4) is 0 Å². The summed E-state index contributed by atoms with van der Waals surface area (Å²) < 4.78 is 5.45. The number of aldehydes is 1. The molecule has 0 heterocycles. The van der Waals surface area contributed by atoms with Gasteiger partial charge >= 0.3 is 0 Å². The molecule has 2 heteroatoms. The highest BCUT2D eigenvalue weighted by molar-refractivity contribution is 5.57. The van der Waals surface area contributed by atoms with E-state index in [0.717, 1.165) is 6.29 Å². The van der Waals surface area contributed by atoms with Gasteiger partial charge in [-0.3, -0.25) is 0 Å². The van der Waals surface area contributed by atoms with Crippen LogP contribution in [0.25, 0.3) is 0 Å². The zero-order chi connectivity index (χ0) is 9.12. The van der Waals surface area contributed by atoms with Crippen molar-refractivity contribution in [2.75, 3.05) is 6.61 Å². The summed E-state index contributed by atoms with van der Waals surface area (Å²) in [6.45, 7) is 10.2. The van der Waals surface area contributed by atoms with Gasteiger partial charge in [-0.05, 0) is 20.8 Å². The maximum absolute atomic E-state index is 10.5. The molecule has 0 bridgehead atoms. The molecule has 0 spiro atoms. The molecule has 0 aliphatic rings. The van der Waals surface area contributed by atoms with Crippen LogP contribution in [0.2, 0.25) is 0 Å². The van der Waals surface area contributed by atoms with Crippen molar-refractivity contribution < 1.29 is 9.53 Å². The monoisotopic (exact) mass is 158 g/mol. The second-order valence-electron chi connectivity index (χ2n) is 4.51. The van der Waals surface area contributed by atoms with Crippen LogP contribution in [-0.2, 0) is 9.53 Å². The first-order chi connectivity index (χ1) is 4.77. The molecule has 0 atom stereocenters. The number of hydrogen-bond donors (Lipinski definition) is 0. The minimum absolute atomic E-state index is 0.152. The molecule has 0 saturated carbocycles. The first-order valence-corrected chi connectivity index (χ1v) is 3.87. The van der Waals surface area contributed by atoms with Crippen LogP contribution in [0.5, 0.6) is 0 Å². The van der Waals surface area contributed by atoms with Gasteiger partial charge in [0.1, 0.15) is 6.29 Å². The Morgan fingerprint density at radius 2 is 1.64 bits per heavy atom. The van der Waals surface area contributed by atoms with E-state index < -0.39 is 0 Å². The molecule has 0 N–H and O–H groups in total. The summed E-state index contributed by atoms with van der Waals surface area (Å²) in [6.07, 6.45) is 0.929. The number of carbonyl (C=O) groups excluding carboxylic acids is 1. The summed E-state index contributed by atoms with van der Waals surface area (Å²) in [5, 5.41) is 0. The maximum atomic E-state index is 10.5. The maximum Gasteiger partial charge on any atom is 0.127 e. The van der Waals surface area contributed by atoms with Crippen LogP contribution in [0.4, 0.5) is 0 Å². The third kappa shape index (κ3) is 6.05. The van der Waals surface area contributed by atoms with Gasteiger partial charge in [-0.15, -0.1) is 0 Å². The fourth-order valence-electron chi connectivity index (χ4n) is 0.437. The Kier molecular flexibility index (Phi) is 3.24. The third-order valence-corrected chi connectivity index (χ3v) is 1.20. The van der Waals surface area contributed by atoms with Crippen molar-refractivity contribution >= 4 is 6.29 Å². The van der Waals surface area contributed by atoms with Crippen LogP contribution >= 0.6 is 0 Å². The second kappa shape index (κ2) is 3.35. The SMILES string of the molecule is CC(C)(C=O)COC(C)(C)C. The van der Waals surface area contributed by atoms with Gasteiger partial charge < -0.3 is 9.53 Å². The molecule has 0 amide bonds. The number of carbonyl (C=O) groups is 1. The zero-order valence-electron chi connectivity index (χ0n) is 8.10. The molecular weight excluding hydrogens is 140 g/mol. The third-order valence-electron chi connectivity index (χ3n) is 1.20. The number of hydrogen-bond acceptors (Lipinski definition) is 2. The van der Waals surface area contributed by atoms with E-state index in [1.54, 1.807) is 0 Å². The van der Waals surface area contributed by atoms with Crippen LogP contribution in [0.3, 0.4) is 0 Å². The predicted molar refractivity (Wildman–Crippen MR) is 45.6 cm³/mol. The minimum atomic E-state index is -0.354. The molecule has 0 aliphatic carbocycles. The largest absolute Gasteiger partial charge is 0.375 e. The Morgan fingerprint density at radius 3 is 1.91 bits per heavy atom. The molecule has 66 valence electrons. The molecule has 0 unspecified atom stereocenters. The van der Waals surface area contributed by atoms with E-state index in [2.05, 4.69) is 0 Å². The van der Waals surface area contributed by atoms with Crippen molar-refractivity contribution in [1.82, 2.24) is 0 Å². The van der Waals surface area contributed by atoms with Crippen LogP contribution in [0, 0.1) is 5.41 Å². The molecule has 0 aliphatic heterocycles. The second-order valence-corrected chi connectivity index (χ2v) is 4.51. The highest BCUT2D eigenvalue weighted by Crippen LogP contribution is 2.16. The molecule has 2 nitrogen and oxygen atoms in total. The van der Waals surface area contributed by atoms with E-state index in [1.807, 2.05) is 34.6 Å². The fraction of sp³-hybridized carbons (Fsp3) is 0.889. The first-order valence-electron chi connectivity index (χ1n) is 3.87. The molecular formula is C9H18O2. The standard InChI is InChI=1S/C9H18O2/c1-8(2,3)11-7-9(4,5)6-10/h6H,7H2,1-5H3. The first kappa shape index (κ1) is 10.6. The van der Waals surface area contributed by atoms with Gasteiger partial charge in [-0.25, -0.2) is 0 Å². The Bertz CT molecular complexity index is 131. The summed E-state index contributed by atoms with van der Waals surface area (Å²) in [5.41, 5.74) is -0.506. The lowest BCUT2D eigenvalue weighted by Crippen LogP contribution is -2.28. The predicted octanol–water partition coefficient (Wildman–Crippen LogP) is 2.03. The van der Waals surface area contributed by atoms with Gasteiger partial charge in [0.25, 0.3) is 0 Å². The van der Waals surface area contributed by atoms with Crippen molar-refractivity contribution in [2.45, 2.75) is 40.2 Å². The number of ether oxygens (including phenoxy) is 1. The van der Waals surface area contributed by atoms with Crippen molar-refractivity contribution in [1.29, 1.82) is 0 Å². The normalized spacial score (nSPS) is 13.2. The summed E-state index contributed by atoms with van der Waals surface area (Å²) in [4.78, 5) is 10.5. The summed E-state index contributed by atoms with van der Waals surface area (Å²) in [5.74, 6) is 0. The molecule has 0 saturated heterocycles.